The zero-order chi connectivity index (χ0) is 14.4. The van der Waals surface area contributed by atoms with Crippen molar-refractivity contribution in [2.75, 3.05) is 26.0 Å². The van der Waals surface area contributed by atoms with E-state index in [2.05, 4.69) is 4.90 Å². The molecular formula is C14H26N2O3S. The Balaban J connectivity index is 1.95. The second-order valence-electron chi connectivity index (χ2n) is 6.62. The molecule has 0 bridgehead atoms. The first-order valence-electron chi connectivity index (χ1n) is 7.76. The van der Waals surface area contributed by atoms with Gasteiger partial charge in [0.25, 0.3) is 0 Å². The van der Waals surface area contributed by atoms with Gasteiger partial charge in [-0.3, -0.25) is 4.90 Å². The molecule has 6 heteroatoms. The van der Waals surface area contributed by atoms with Gasteiger partial charge in [-0.15, -0.1) is 0 Å². The topological polar surface area (TPSA) is 72.6 Å². The maximum atomic E-state index is 12.2. The van der Waals surface area contributed by atoms with Crippen molar-refractivity contribution in [1.29, 1.82) is 0 Å². The average Bonchev–Trinajstić information content (AvgIpc) is 3.04. The third-order valence-electron chi connectivity index (χ3n) is 5.60. The fraction of sp³-hybridized carbons (Fsp3) is 1.00. The first-order chi connectivity index (χ1) is 9.49. The molecule has 3 rings (SSSR count). The van der Waals surface area contributed by atoms with Gasteiger partial charge in [0, 0.05) is 25.4 Å². The van der Waals surface area contributed by atoms with Gasteiger partial charge in [0.15, 0.2) is 9.84 Å². The molecule has 0 aromatic heterocycles. The van der Waals surface area contributed by atoms with Crippen LogP contribution >= 0.6 is 0 Å². The Hall–Kier alpha value is -0.170. The first kappa shape index (κ1) is 14.8. The van der Waals surface area contributed by atoms with E-state index in [1.54, 1.807) is 0 Å². The van der Waals surface area contributed by atoms with Crippen molar-refractivity contribution < 1.29 is 13.2 Å². The second-order valence-corrected chi connectivity index (χ2v) is 8.85. The van der Waals surface area contributed by atoms with Crippen molar-refractivity contribution >= 4 is 9.84 Å². The van der Waals surface area contributed by atoms with E-state index in [9.17, 15) is 8.42 Å². The molecule has 2 N–H and O–H groups in total. The van der Waals surface area contributed by atoms with Crippen LogP contribution in [0.3, 0.4) is 0 Å². The van der Waals surface area contributed by atoms with E-state index in [4.69, 9.17) is 10.5 Å². The summed E-state index contributed by atoms with van der Waals surface area (Å²) in [5.74, 6) is 0. The summed E-state index contributed by atoms with van der Waals surface area (Å²) in [5.41, 5.74) is 5.77. The van der Waals surface area contributed by atoms with Gasteiger partial charge in [0.05, 0.1) is 23.5 Å². The molecule has 20 heavy (non-hydrogen) atoms. The Morgan fingerprint density at radius 1 is 1.30 bits per heavy atom. The lowest BCUT2D eigenvalue weighted by atomic mass is 9.91. The summed E-state index contributed by atoms with van der Waals surface area (Å²) in [7, 11) is -3.06. The van der Waals surface area contributed by atoms with Crippen LogP contribution in [0.4, 0.5) is 0 Å². The molecule has 4 unspecified atom stereocenters. The lowest BCUT2D eigenvalue weighted by Gasteiger charge is -2.51. The Kier molecular flexibility index (Phi) is 3.86. The standard InChI is InChI=1S/C14H26N2O3S/c1-20(17,18)13-6-3-7-14(13,10-15)16-8-9-19-12-5-2-4-11(12)16/h11-13H,2-10,15H2,1H3. The van der Waals surface area contributed by atoms with E-state index in [1.807, 2.05) is 0 Å². The SMILES string of the molecule is CS(=O)(=O)C1CCCC1(CN)N1CCOC2CCCC21. The zero-order valence-electron chi connectivity index (χ0n) is 12.3. The molecule has 1 heterocycles. The van der Waals surface area contributed by atoms with Gasteiger partial charge in [-0.25, -0.2) is 8.42 Å². The van der Waals surface area contributed by atoms with E-state index in [1.165, 1.54) is 12.7 Å². The number of hydrogen-bond donors (Lipinski definition) is 1. The van der Waals surface area contributed by atoms with Crippen molar-refractivity contribution in [3.63, 3.8) is 0 Å². The molecule has 116 valence electrons. The zero-order valence-corrected chi connectivity index (χ0v) is 13.1. The van der Waals surface area contributed by atoms with Crippen molar-refractivity contribution in [2.45, 2.75) is 61.5 Å². The summed E-state index contributed by atoms with van der Waals surface area (Å²) >= 11 is 0. The Labute approximate surface area is 121 Å². The van der Waals surface area contributed by atoms with Gasteiger partial charge in [-0.2, -0.15) is 0 Å². The van der Waals surface area contributed by atoms with Gasteiger partial charge in [0.2, 0.25) is 0 Å². The van der Waals surface area contributed by atoms with Crippen LogP contribution in [0.2, 0.25) is 0 Å². The molecular weight excluding hydrogens is 276 g/mol. The molecule has 0 aromatic carbocycles. The van der Waals surface area contributed by atoms with E-state index in [0.29, 0.717) is 19.2 Å². The molecule has 1 aliphatic heterocycles. The number of ether oxygens (including phenoxy) is 1. The minimum Gasteiger partial charge on any atom is -0.375 e. The van der Waals surface area contributed by atoms with Crippen LogP contribution in [-0.2, 0) is 14.6 Å². The van der Waals surface area contributed by atoms with E-state index >= 15 is 0 Å². The molecule has 3 aliphatic rings. The minimum atomic E-state index is -3.06. The molecule has 4 atom stereocenters. The van der Waals surface area contributed by atoms with Crippen LogP contribution in [-0.4, -0.2) is 62.2 Å². The van der Waals surface area contributed by atoms with Crippen LogP contribution in [0.1, 0.15) is 38.5 Å². The predicted octanol–water partition coefficient (Wildman–Crippen LogP) is 0.534. The van der Waals surface area contributed by atoms with Crippen molar-refractivity contribution in [2.24, 2.45) is 5.73 Å². The van der Waals surface area contributed by atoms with Gasteiger partial charge < -0.3 is 10.5 Å². The quantitative estimate of drug-likeness (QED) is 0.823. The Morgan fingerprint density at radius 3 is 2.80 bits per heavy atom. The number of nitrogens with zero attached hydrogens (tertiary/aromatic N) is 1. The fourth-order valence-electron chi connectivity index (χ4n) is 4.79. The molecule has 2 aliphatic carbocycles. The molecule has 5 nitrogen and oxygen atoms in total. The van der Waals surface area contributed by atoms with E-state index in [0.717, 1.165) is 38.6 Å². The van der Waals surface area contributed by atoms with Crippen molar-refractivity contribution in [1.82, 2.24) is 4.90 Å². The molecule has 0 radical (unpaired) electrons. The highest BCUT2D eigenvalue weighted by atomic mass is 32.2. The lowest BCUT2D eigenvalue weighted by molar-refractivity contribution is -0.0952. The number of hydrogen-bond acceptors (Lipinski definition) is 5. The van der Waals surface area contributed by atoms with Crippen LogP contribution in [0.25, 0.3) is 0 Å². The highest BCUT2D eigenvalue weighted by Gasteiger charge is 2.55. The predicted molar refractivity (Wildman–Crippen MR) is 78.4 cm³/mol. The third kappa shape index (κ3) is 2.21. The molecule has 0 spiro atoms. The van der Waals surface area contributed by atoms with Gasteiger partial charge in [-0.05, 0) is 32.1 Å². The smallest absolute Gasteiger partial charge is 0.152 e. The first-order valence-corrected chi connectivity index (χ1v) is 9.72. The van der Waals surface area contributed by atoms with E-state index in [-0.39, 0.29) is 16.9 Å². The summed E-state index contributed by atoms with van der Waals surface area (Å²) in [5, 5.41) is -0.306. The molecule has 0 amide bonds. The minimum absolute atomic E-state index is 0.285. The third-order valence-corrected chi connectivity index (χ3v) is 7.31. The molecule has 1 saturated heterocycles. The normalized spacial score (nSPS) is 42.8. The Morgan fingerprint density at radius 2 is 2.10 bits per heavy atom. The van der Waals surface area contributed by atoms with Crippen molar-refractivity contribution in [3.05, 3.63) is 0 Å². The second kappa shape index (κ2) is 5.23. The largest absolute Gasteiger partial charge is 0.375 e. The van der Waals surface area contributed by atoms with Crippen LogP contribution in [0.5, 0.6) is 0 Å². The molecule has 0 aromatic rings. The summed E-state index contributed by atoms with van der Waals surface area (Å²) in [6.45, 7) is 1.97. The fourth-order valence-corrected chi connectivity index (χ4v) is 6.53. The van der Waals surface area contributed by atoms with Crippen LogP contribution in [0.15, 0.2) is 0 Å². The number of nitrogens with two attached hydrogens (primary N) is 1. The summed E-state index contributed by atoms with van der Waals surface area (Å²) in [6.07, 6.45) is 7.68. The van der Waals surface area contributed by atoms with E-state index < -0.39 is 9.84 Å². The molecule has 2 saturated carbocycles. The van der Waals surface area contributed by atoms with Gasteiger partial charge in [0.1, 0.15) is 0 Å². The molecule has 3 fully saturated rings. The van der Waals surface area contributed by atoms with Gasteiger partial charge in [-0.1, -0.05) is 6.42 Å². The highest BCUT2D eigenvalue weighted by molar-refractivity contribution is 7.91. The summed E-state index contributed by atoms with van der Waals surface area (Å²) in [6, 6.07) is 0.370. The maximum absolute atomic E-state index is 12.2. The van der Waals surface area contributed by atoms with Crippen LogP contribution < -0.4 is 5.73 Å². The van der Waals surface area contributed by atoms with Gasteiger partial charge >= 0.3 is 0 Å². The lowest BCUT2D eigenvalue weighted by Crippen LogP contribution is -2.67. The Bertz CT molecular complexity index is 467. The number of rotatable bonds is 3. The highest BCUT2D eigenvalue weighted by Crippen LogP contribution is 2.44. The number of fused-ring (bicyclic) bond motifs is 1. The average molecular weight is 302 g/mol. The van der Waals surface area contributed by atoms with Crippen molar-refractivity contribution in [3.8, 4) is 0 Å². The number of morpholine rings is 1. The summed E-state index contributed by atoms with van der Waals surface area (Å²) < 4.78 is 30.3. The monoisotopic (exact) mass is 302 g/mol. The maximum Gasteiger partial charge on any atom is 0.152 e. The summed E-state index contributed by atoms with van der Waals surface area (Å²) in [4.78, 5) is 2.42. The van der Waals surface area contributed by atoms with Crippen LogP contribution in [0, 0.1) is 0 Å². The number of sulfone groups is 1.